The normalized spacial score (nSPS) is 11.8. The number of aryl methyl sites for hydroxylation is 1. The van der Waals surface area contributed by atoms with Crippen molar-refractivity contribution in [1.82, 2.24) is 5.32 Å². The zero-order valence-corrected chi connectivity index (χ0v) is 13.4. The van der Waals surface area contributed by atoms with Crippen molar-refractivity contribution in [3.05, 3.63) is 28.2 Å². The smallest absolute Gasteiger partial charge is 0.328 e. The van der Waals surface area contributed by atoms with E-state index in [2.05, 4.69) is 26.0 Å². The zero-order chi connectivity index (χ0) is 14.4. The first-order valence-corrected chi connectivity index (χ1v) is 7.48. The highest BCUT2D eigenvalue weighted by molar-refractivity contribution is 9.10. The average molecular weight is 346 g/mol. The minimum atomic E-state index is -0.621. The van der Waals surface area contributed by atoms with Gasteiger partial charge in [-0.3, -0.25) is 4.79 Å². The quantitative estimate of drug-likeness (QED) is 0.658. The SMILES string of the molecule is COC(=O)C(C)NC(=O)CSc1ccc(Br)cc1C. The van der Waals surface area contributed by atoms with Crippen molar-refractivity contribution in [3.8, 4) is 0 Å². The monoisotopic (exact) mass is 345 g/mol. The van der Waals surface area contributed by atoms with Crippen LogP contribution in [0.15, 0.2) is 27.6 Å². The molecule has 1 aromatic rings. The Balaban J connectivity index is 2.48. The largest absolute Gasteiger partial charge is 0.467 e. The topological polar surface area (TPSA) is 55.4 Å². The predicted molar refractivity (Wildman–Crippen MR) is 79.2 cm³/mol. The molecule has 6 heteroatoms. The molecule has 104 valence electrons. The van der Waals surface area contributed by atoms with Crippen molar-refractivity contribution >= 4 is 39.6 Å². The molecule has 0 saturated carbocycles. The van der Waals surface area contributed by atoms with Crippen molar-refractivity contribution in [1.29, 1.82) is 0 Å². The fourth-order valence-corrected chi connectivity index (χ4v) is 2.73. The van der Waals surface area contributed by atoms with Crippen LogP contribution in [0.4, 0.5) is 0 Å². The third-order valence-electron chi connectivity index (χ3n) is 2.43. The highest BCUT2D eigenvalue weighted by Gasteiger charge is 2.15. The first-order valence-electron chi connectivity index (χ1n) is 5.70. The molecule has 0 aliphatic heterocycles. The van der Waals surface area contributed by atoms with Crippen LogP contribution >= 0.6 is 27.7 Å². The standard InChI is InChI=1S/C13H16BrNO3S/c1-8-6-10(14)4-5-11(8)19-7-12(16)15-9(2)13(17)18-3/h4-6,9H,7H2,1-3H3,(H,15,16). The van der Waals surface area contributed by atoms with Crippen LogP contribution in [-0.4, -0.2) is 30.8 Å². The molecule has 0 spiro atoms. The third-order valence-corrected chi connectivity index (χ3v) is 4.10. The predicted octanol–water partition coefficient (Wildman–Crippen LogP) is 2.53. The second-order valence-electron chi connectivity index (χ2n) is 4.01. The van der Waals surface area contributed by atoms with E-state index in [0.29, 0.717) is 0 Å². The molecule has 1 N–H and O–H groups in total. The summed E-state index contributed by atoms with van der Waals surface area (Å²) in [7, 11) is 1.30. The molecule has 0 radical (unpaired) electrons. The minimum absolute atomic E-state index is 0.190. The number of methoxy groups -OCH3 is 1. The molecule has 0 saturated heterocycles. The number of esters is 1. The highest BCUT2D eigenvalue weighted by Crippen LogP contribution is 2.25. The summed E-state index contributed by atoms with van der Waals surface area (Å²) < 4.78 is 5.55. The van der Waals surface area contributed by atoms with Crippen molar-refractivity contribution in [3.63, 3.8) is 0 Å². The second kappa shape index (κ2) is 7.55. The molecule has 4 nitrogen and oxygen atoms in total. The van der Waals surface area contributed by atoms with Gasteiger partial charge in [0.2, 0.25) is 5.91 Å². The second-order valence-corrected chi connectivity index (χ2v) is 5.94. The van der Waals surface area contributed by atoms with E-state index in [-0.39, 0.29) is 11.7 Å². The fourth-order valence-electron chi connectivity index (χ4n) is 1.44. The van der Waals surface area contributed by atoms with Gasteiger partial charge >= 0.3 is 5.97 Å². The van der Waals surface area contributed by atoms with Crippen LogP contribution < -0.4 is 5.32 Å². The molecule has 1 aromatic carbocycles. The molecular weight excluding hydrogens is 330 g/mol. The van der Waals surface area contributed by atoms with E-state index in [4.69, 9.17) is 0 Å². The Hall–Kier alpha value is -1.01. The van der Waals surface area contributed by atoms with Gasteiger partial charge in [-0.1, -0.05) is 15.9 Å². The van der Waals surface area contributed by atoms with E-state index >= 15 is 0 Å². The van der Waals surface area contributed by atoms with Gasteiger partial charge < -0.3 is 10.1 Å². The molecule has 0 aromatic heterocycles. The lowest BCUT2D eigenvalue weighted by Crippen LogP contribution is -2.40. The summed E-state index contributed by atoms with van der Waals surface area (Å²) in [6.07, 6.45) is 0. The van der Waals surface area contributed by atoms with Gasteiger partial charge in [0.15, 0.2) is 0 Å². The lowest BCUT2D eigenvalue weighted by molar-refractivity contribution is -0.144. The van der Waals surface area contributed by atoms with Gasteiger partial charge in [0.25, 0.3) is 0 Å². The number of ether oxygens (including phenoxy) is 1. The van der Waals surface area contributed by atoms with Crippen LogP contribution in [0.5, 0.6) is 0 Å². The molecular formula is C13H16BrNO3S. The first kappa shape index (κ1) is 16.0. The van der Waals surface area contributed by atoms with Gasteiger partial charge in [0, 0.05) is 9.37 Å². The lowest BCUT2D eigenvalue weighted by Gasteiger charge is -2.11. The van der Waals surface area contributed by atoms with E-state index in [9.17, 15) is 9.59 Å². The van der Waals surface area contributed by atoms with Crippen LogP contribution in [0.3, 0.4) is 0 Å². The Kier molecular flexibility index (Phi) is 6.37. The lowest BCUT2D eigenvalue weighted by atomic mass is 10.2. The maximum atomic E-state index is 11.7. The number of thioether (sulfide) groups is 1. The van der Waals surface area contributed by atoms with E-state index in [1.165, 1.54) is 18.9 Å². The summed E-state index contributed by atoms with van der Waals surface area (Å²) in [5.41, 5.74) is 1.10. The van der Waals surface area contributed by atoms with Gasteiger partial charge in [-0.15, -0.1) is 11.8 Å². The van der Waals surface area contributed by atoms with E-state index < -0.39 is 12.0 Å². The maximum absolute atomic E-state index is 11.7. The molecule has 0 bridgehead atoms. The van der Waals surface area contributed by atoms with Crippen molar-refractivity contribution < 1.29 is 14.3 Å². The molecule has 1 atom stereocenters. The van der Waals surface area contributed by atoms with Gasteiger partial charge in [-0.05, 0) is 37.6 Å². The maximum Gasteiger partial charge on any atom is 0.328 e. The average Bonchev–Trinajstić information content (AvgIpc) is 2.36. The van der Waals surface area contributed by atoms with E-state index in [1.807, 2.05) is 25.1 Å². The number of nitrogens with one attached hydrogen (secondary N) is 1. The van der Waals surface area contributed by atoms with Gasteiger partial charge in [-0.2, -0.15) is 0 Å². The summed E-state index contributed by atoms with van der Waals surface area (Å²) in [5, 5.41) is 2.59. The number of benzene rings is 1. The molecule has 0 fully saturated rings. The molecule has 0 aliphatic rings. The van der Waals surface area contributed by atoms with Crippen LogP contribution in [-0.2, 0) is 14.3 Å². The number of hydrogen-bond donors (Lipinski definition) is 1. The number of halogens is 1. The summed E-state index contributed by atoms with van der Waals surface area (Å²) in [4.78, 5) is 23.9. The van der Waals surface area contributed by atoms with E-state index in [1.54, 1.807) is 6.92 Å². The number of carbonyl (C=O) groups is 2. The third kappa shape index (κ3) is 5.24. The van der Waals surface area contributed by atoms with Gasteiger partial charge in [0.1, 0.15) is 6.04 Å². The van der Waals surface area contributed by atoms with Gasteiger partial charge in [-0.25, -0.2) is 4.79 Å². The van der Waals surface area contributed by atoms with Crippen molar-refractivity contribution in [2.24, 2.45) is 0 Å². The van der Waals surface area contributed by atoms with Crippen LogP contribution in [0.25, 0.3) is 0 Å². The molecule has 19 heavy (non-hydrogen) atoms. The van der Waals surface area contributed by atoms with Gasteiger partial charge in [0.05, 0.1) is 12.9 Å². The molecule has 0 aliphatic carbocycles. The molecule has 1 amide bonds. The Morgan fingerprint density at radius 1 is 1.47 bits per heavy atom. The number of carbonyl (C=O) groups excluding carboxylic acids is 2. The highest BCUT2D eigenvalue weighted by atomic mass is 79.9. The number of hydrogen-bond acceptors (Lipinski definition) is 4. The van der Waals surface area contributed by atoms with Crippen LogP contribution in [0, 0.1) is 6.92 Å². The number of amides is 1. The Bertz CT molecular complexity index is 479. The van der Waals surface area contributed by atoms with Crippen LogP contribution in [0.2, 0.25) is 0 Å². The van der Waals surface area contributed by atoms with Crippen molar-refractivity contribution in [2.75, 3.05) is 12.9 Å². The summed E-state index contributed by atoms with van der Waals surface area (Å²) in [5.74, 6) is -0.368. The van der Waals surface area contributed by atoms with E-state index in [0.717, 1.165) is 14.9 Å². The summed E-state index contributed by atoms with van der Waals surface area (Å²) in [6, 6.07) is 5.27. The van der Waals surface area contributed by atoms with Crippen molar-refractivity contribution in [2.45, 2.75) is 24.8 Å². The molecule has 0 heterocycles. The molecule has 1 unspecified atom stereocenters. The minimum Gasteiger partial charge on any atom is -0.467 e. The number of rotatable bonds is 5. The zero-order valence-electron chi connectivity index (χ0n) is 11.0. The van der Waals surface area contributed by atoms with Crippen LogP contribution in [0.1, 0.15) is 12.5 Å². The molecule has 1 rings (SSSR count). The Morgan fingerprint density at radius 3 is 2.74 bits per heavy atom. The Labute approximate surface area is 125 Å². The first-order chi connectivity index (χ1) is 8.93. The summed E-state index contributed by atoms with van der Waals surface area (Å²) >= 11 is 4.83. The Morgan fingerprint density at radius 2 is 2.16 bits per heavy atom. The summed E-state index contributed by atoms with van der Waals surface area (Å²) in [6.45, 7) is 3.58. The fraction of sp³-hybridized carbons (Fsp3) is 0.385.